The Balaban J connectivity index is 1.93. The van der Waals surface area contributed by atoms with Gasteiger partial charge in [-0.15, -0.1) is 11.3 Å². The van der Waals surface area contributed by atoms with Gasteiger partial charge in [0.2, 0.25) is 0 Å². The van der Waals surface area contributed by atoms with E-state index in [2.05, 4.69) is 10.3 Å². The van der Waals surface area contributed by atoms with E-state index in [1.54, 1.807) is 6.92 Å². The second kappa shape index (κ2) is 6.18. The van der Waals surface area contributed by atoms with E-state index in [-0.39, 0.29) is 5.97 Å². The van der Waals surface area contributed by atoms with Gasteiger partial charge in [0.05, 0.1) is 6.61 Å². The molecule has 0 radical (unpaired) electrons. The predicted octanol–water partition coefficient (Wildman–Crippen LogP) is 3.23. The Kier molecular flexibility index (Phi) is 4.58. The van der Waals surface area contributed by atoms with E-state index in [0.717, 1.165) is 22.5 Å². The number of nitrogens with one attached hydrogen (secondary N) is 1. The van der Waals surface area contributed by atoms with Crippen LogP contribution in [0.15, 0.2) is 0 Å². The molecule has 0 atom stereocenters. The molecule has 0 spiro atoms. The van der Waals surface area contributed by atoms with Gasteiger partial charge in [0, 0.05) is 11.4 Å². The Morgan fingerprint density at radius 2 is 2.22 bits per heavy atom. The molecule has 1 aromatic heterocycles. The van der Waals surface area contributed by atoms with Crippen LogP contribution >= 0.6 is 11.3 Å². The first kappa shape index (κ1) is 13.3. The van der Waals surface area contributed by atoms with Crippen molar-refractivity contribution in [3.63, 3.8) is 0 Å². The summed E-state index contributed by atoms with van der Waals surface area (Å²) in [4.78, 5) is 16.9. The van der Waals surface area contributed by atoms with E-state index in [0.29, 0.717) is 12.3 Å². The Bertz CT molecular complexity index is 411. The zero-order valence-corrected chi connectivity index (χ0v) is 11.8. The number of nitrogens with zero attached hydrogens (tertiary/aromatic N) is 1. The largest absolute Gasteiger partial charge is 0.461 e. The van der Waals surface area contributed by atoms with Crippen LogP contribution in [0.1, 0.15) is 48.0 Å². The number of rotatable bonds is 5. The topological polar surface area (TPSA) is 51.2 Å². The monoisotopic (exact) mass is 268 g/mol. The Morgan fingerprint density at radius 1 is 1.50 bits per heavy atom. The van der Waals surface area contributed by atoms with E-state index in [1.807, 2.05) is 6.92 Å². The summed E-state index contributed by atoms with van der Waals surface area (Å²) in [5.74, 6) is 0.445. The molecule has 0 saturated heterocycles. The highest BCUT2D eigenvalue weighted by Crippen LogP contribution is 2.27. The highest BCUT2D eigenvalue weighted by Gasteiger charge is 2.18. The minimum atomic E-state index is -0.319. The third-order valence-corrected chi connectivity index (χ3v) is 4.21. The van der Waals surface area contributed by atoms with Crippen molar-refractivity contribution in [3.8, 4) is 0 Å². The van der Waals surface area contributed by atoms with Gasteiger partial charge in [0.25, 0.3) is 0 Å². The van der Waals surface area contributed by atoms with Crippen LogP contribution in [0.25, 0.3) is 0 Å². The molecule has 1 aliphatic carbocycles. The van der Waals surface area contributed by atoms with Gasteiger partial charge in [-0.3, -0.25) is 0 Å². The van der Waals surface area contributed by atoms with Gasteiger partial charge in [0.15, 0.2) is 10.8 Å². The van der Waals surface area contributed by atoms with Crippen LogP contribution in [0, 0.1) is 12.8 Å². The number of carbonyl (C=O) groups is 1. The molecule has 1 aliphatic rings. The van der Waals surface area contributed by atoms with Gasteiger partial charge in [-0.1, -0.05) is 12.8 Å². The van der Waals surface area contributed by atoms with Gasteiger partial charge in [0.1, 0.15) is 0 Å². The highest BCUT2D eigenvalue weighted by molar-refractivity contribution is 7.15. The lowest BCUT2D eigenvalue weighted by Gasteiger charge is -2.08. The minimum absolute atomic E-state index is 0.319. The summed E-state index contributed by atoms with van der Waals surface area (Å²) in [5.41, 5.74) is 0.454. The van der Waals surface area contributed by atoms with E-state index in [4.69, 9.17) is 4.74 Å². The molecule has 0 aromatic carbocycles. The van der Waals surface area contributed by atoms with Gasteiger partial charge in [-0.05, 0) is 32.6 Å². The first-order valence-electron chi connectivity index (χ1n) is 6.59. The summed E-state index contributed by atoms with van der Waals surface area (Å²) in [6.07, 6.45) is 5.30. The van der Waals surface area contributed by atoms with Crippen LogP contribution in [0.5, 0.6) is 0 Å². The van der Waals surface area contributed by atoms with Crippen LogP contribution in [0.4, 0.5) is 5.13 Å². The first-order valence-corrected chi connectivity index (χ1v) is 7.40. The minimum Gasteiger partial charge on any atom is -0.461 e. The van der Waals surface area contributed by atoms with Crippen LogP contribution in [-0.4, -0.2) is 24.1 Å². The summed E-state index contributed by atoms with van der Waals surface area (Å²) in [6.45, 7) is 5.07. The van der Waals surface area contributed by atoms with E-state index in [9.17, 15) is 4.79 Å². The molecule has 1 N–H and O–H groups in total. The molecule has 4 nitrogen and oxygen atoms in total. The fourth-order valence-electron chi connectivity index (χ4n) is 2.31. The van der Waals surface area contributed by atoms with E-state index >= 15 is 0 Å². The zero-order valence-electron chi connectivity index (χ0n) is 11.0. The maximum absolute atomic E-state index is 11.6. The molecule has 1 heterocycles. The van der Waals surface area contributed by atoms with Crippen molar-refractivity contribution in [2.75, 3.05) is 18.5 Å². The molecule has 100 valence electrons. The van der Waals surface area contributed by atoms with Gasteiger partial charge >= 0.3 is 5.97 Å². The Labute approximate surface area is 112 Å². The fraction of sp³-hybridized carbons (Fsp3) is 0.692. The Morgan fingerprint density at radius 3 is 2.89 bits per heavy atom. The van der Waals surface area contributed by atoms with Crippen molar-refractivity contribution < 1.29 is 9.53 Å². The number of hydrogen-bond acceptors (Lipinski definition) is 5. The average Bonchev–Trinajstić information content (AvgIpc) is 2.96. The maximum Gasteiger partial charge on any atom is 0.358 e. The average molecular weight is 268 g/mol. The number of aryl methyl sites for hydroxylation is 1. The van der Waals surface area contributed by atoms with Gasteiger partial charge < -0.3 is 10.1 Å². The molecule has 5 heteroatoms. The van der Waals surface area contributed by atoms with Gasteiger partial charge in [-0.2, -0.15) is 0 Å². The number of aromatic nitrogens is 1. The van der Waals surface area contributed by atoms with Crippen molar-refractivity contribution in [2.45, 2.75) is 39.5 Å². The highest BCUT2D eigenvalue weighted by atomic mass is 32.1. The SMILES string of the molecule is CCOC(=O)c1nc(NCC2CCCC2)sc1C. The van der Waals surface area contributed by atoms with Crippen molar-refractivity contribution in [1.29, 1.82) is 0 Å². The van der Waals surface area contributed by atoms with Crippen LogP contribution in [-0.2, 0) is 4.74 Å². The zero-order chi connectivity index (χ0) is 13.0. The number of ether oxygens (including phenoxy) is 1. The smallest absolute Gasteiger partial charge is 0.358 e. The standard InChI is InChI=1S/C13H20N2O2S/c1-3-17-12(16)11-9(2)18-13(15-11)14-8-10-6-4-5-7-10/h10H,3-8H2,1-2H3,(H,14,15). The molecule has 1 saturated carbocycles. The van der Waals surface area contributed by atoms with E-state index in [1.165, 1.54) is 37.0 Å². The molecule has 0 bridgehead atoms. The first-order chi connectivity index (χ1) is 8.70. The second-order valence-electron chi connectivity index (χ2n) is 4.68. The maximum atomic E-state index is 11.6. The number of anilines is 1. The lowest BCUT2D eigenvalue weighted by atomic mass is 10.1. The summed E-state index contributed by atoms with van der Waals surface area (Å²) >= 11 is 1.53. The molecular formula is C13H20N2O2S. The number of thiazole rings is 1. The number of carbonyl (C=O) groups excluding carboxylic acids is 1. The third kappa shape index (κ3) is 3.22. The normalized spacial score (nSPS) is 15.9. The summed E-state index contributed by atoms with van der Waals surface area (Å²) < 4.78 is 4.98. The van der Waals surface area contributed by atoms with Crippen molar-refractivity contribution >= 4 is 22.4 Å². The summed E-state index contributed by atoms with van der Waals surface area (Å²) in [5, 5.41) is 4.18. The number of esters is 1. The molecule has 18 heavy (non-hydrogen) atoms. The molecule has 0 aliphatic heterocycles. The summed E-state index contributed by atoms with van der Waals surface area (Å²) in [7, 11) is 0. The molecule has 0 unspecified atom stereocenters. The van der Waals surface area contributed by atoms with Crippen LogP contribution in [0.2, 0.25) is 0 Å². The molecular weight excluding hydrogens is 248 g/mol. The Hall–Kier alpha value is -1.10. The van der Waals surface area contributed by atoms with Crippen molar-refractivity contribution in [1.82, 2.24) is 4.98 Å². The second-order valence-corrected chi connectivity index (χ2v) is 5.88. The van der Waals surface area contributed by atoms with Crippen molar-refractivity contribution in [2.24, 2.45) is 5.92 Å². The lowest BCUT2D eigenvalue weighted by molar-refractivity contribution is 0.0519. The number of hydrogen-bond donors (Lipinski definition) is 1. The summed E-state index contributed by atoms with van der Waals surface area (Å²) in [6, 6.07) is 0. The van der Waals surface area contributed by atoms with Gasteiger partial charge in [-0.25, -0.2) is 9.78 Å². The molecule has 1 aromatic rings. The molecule has 1 fully saturated rings. The molecule has 0 amide bonds. The lowest BCUT2D eigenvalue weighted by Crippen LogP contribution is -2.11. The van der Waals surface area contributed by atoms with Crippen LogP contribution in [0.3, 0.4) is 0 Å². The fourth-order valence-corrected chi connectivity index (χ4v) is 3.12. The van der Waals surface area contributed by atoms with Crippen LogP contribution < -0.4 is 5.32 Å². The van der Waals surface area contributed by atoms with Crippen molar-refractivity contribution in [3.05, 3.63) is 10.6 Å². The quantitative estimate of drug-likeness (QED) is 0.833. The third-order valence-electron chi connectivity index (χ3n) is 3.28. The molecule has 2 rings (SSSR count). The predicted molar refractivity (Wildman–Crippen MR) is 73.3 cm³/mol. The van der Waals surface area contributed by atoms with E-state index < -0.39 is 0 Å².